The topological polar surface area (TPSA) is 112 Å². The second kappa shape index (κ2) is 11.3. The van der Waals surface area contributed by atoms with E-state index in [0.29, 0.717) is 16.9 Å². The molecule has 0 fully saturated rings. The van der Waals surface area contributed by atoms with Gasteiger partial charge in [-0.15, -0.1) is 0 Å². The highest BCUT2D eigenvalue weighted by Gasteiger charge is 2.20. The van der Waals surface area contributed by atoms with E-state index in [-0.39, 0.29) is 5.56 Å². The smallest absolute Gasteiger partial charge is 0.412 e. The predicted molar refractivity (Wildman–Crippen MR) is 133 cm³/mol. The zero-order chi connectivity index (χ0) is 25.5. The lowest BCUT2D eigenvalue weighted by Gasteiger charge is -2.24. The number of hydrogen-bond acceptors (Lipinski definition) is 6. The van der Waals surface area contributed by atoms with Crippen LogP contribution in [0.15, 0.2) is 36.4 Å². The van der Waals surface area contributed by atoms with Crippen molar-refractivity contribution in [1.82, 2.24) is 0 Å². The number of amides is 2. The van der Waals surface area contributed by atoms with Gasteiger partial charge in [-0.1, -0.05) is 19.1 Å². The molecule has 34 heavy (non-hydrogen) atoms. The lowest BCUT2D eigenvalue weighted by atomic mass is 10.1. The number of ketones is 1. The number of nitriles is 1. The van der Waals surface area contributed by atoms with Crippen LogP contribution in [0.4, 0.5) is 21.9 Å². The number of Topliss-reactive ketones (excluding diaryl/α,β-unsaturated/α-hetero) is 1. The van der Waals surface area contributed by atoms with E-state index in [9.17, 15) is 14.4 Å². The molecule has 2 amide bonds. The molecule has 8 heteroatoms. The zero-order valence-electron chi connectivity index (χ0n) is 20.6. The second-order valence-electron chi connectivity index (χ2n) is 9.07. The summed E-state index contributed by atoms with van der Waals surface area (Å²) in [5, 5.41) is 14.5. The molecule has 2 aromatic carbocycles. The number of benzene rings is 2. The first-order chi connectivity index (χ1) is 15.9. The predicted octanol–water partition coefficient (Wildman–Crippen LogP) is 5.27. The third-order valence-electron chi connectivity index (χ3n) is 4.85. The van der Waals surface area contributed by atoms with Crippen LogP contribution >= 0.6 is 0 Å². The number of nitrogens with one attached hydrogen (secondary N) is 2. The fourth-order valence-electron chi connectivity index (χ4n) is 3.39. The van der Waals surface area contributed by atoms with Gasteiger partial charge in [-0.25, -0.2) is 4.79 Å². The number of aryl methyl sites for hydroxylation is 1. The van der Waals surface area contributed by atoms with Gasteiger partial charge in [0.25, 0.3) is 0 Å². The molecule has 0 aromatic heterocycles. The molecule has 0 spiro atoms. The number of hydrogen-bond donors (Lipinski definition) is 2. The Hall–Kier alpha value is -3.86. The Labute approximate surface area is 200 Å². The fraction of sp³-hybridized carbons (Fsp3) is 0.385. The number of carbonyl (C=O) groups excluding carboxylic acids is 3. The largest absolute Gasteiger partial charge is 0.444 e. The maximum absolute atomic E-state index is 12.8. The number of rotatable bonds is 8. The van der Waals surface area contributed by atoms with E-state index >= 15 is 0 Å². The summed E-state index contributed by atoms with van der Waals surface area (Å²) < 4.78 is 5.35. The molecule has 0 aliphatic carbocycles. The molecule has 2 N–H and O–H groups in total. The molecule has 0 bridgehead atoms. The van der Waals surface area contributed by atoms with Gasteiger partial charge in [0, 0.05) is 24.8 Å². The Bertz CT molecular complexity index is 1110. The van der Waals surface area contributed by atoms with Crippen molar-refractivity contribution in [2.24, 2.45) is 0 Å². The van der Waals surface area contributed by atoms with E-state index in [0.717, 1.165) is 24.2 Å². The third-order valence-corrected chi connectivity index (χ3v) is 4.85. The first kappa shape index (κ1) is 26.4. The molecule has 0 aliphatic heterocycles. The standard InChI is InChI=1S/C26H32N4O4/c1-7-11-30(6)22-14-21(20(12-17(22)2)29-25(33)34-26(3,4)5)28-24(32)15-23(31)19-10-8-9-18(13-19)16-27/h8-10,12-14H,7,11,15H2,1-6H3,(H,28,32)(H,29,33). The van der Waals surface area contributed by atoms with Crippen LogP contribution in [-0.4, -0.2) is 37.0 Å². The van der Waals surface area contributed by atoms with Crippen molar-refractivity contribution in [2.75, 3.05) is 29.1 Å². The molecule has 8 nitrogen and oxygen atoms in total. The summed E-state index contributed by atoms with van der Waals surface area (Å²) in [5.74, 6) is -0.945. The molecular weight excluding hydrogens is 432 g/mol. The molecule has 0 unspecified atom stereocenters. The van der Waals surface area contributed by atoms with Crippen molar-refractivity contribution in [3.63, 3.8) is 0 Å². The maximum Gasteiger partial charge on any atom is 0.412 e. The summed E-state index contributed by atoms with van der Waals surface area (Å²) in [7, 11) is 1.95. The molecule has 2 aromatic rings. The van der Waals surface area contributed by atoms with Gasteiger partial charge in [0.15, 0.2) is 5.78 Å². The van der Waals surface area contributed by atoms with Crippen LogP contribution in [0.5, 0.6) is 0 Å². The monoisotopic (exact) mass is 464 g/mol. The highest BCUT2D eigenvalue weighted by Crippen LogP contribution is 2.32. The summed E-state index contributed by atoms with van der Waals surface area (Å²) in [4.78, 5) is 39.8. The number of ether oxygens (including phenoxy) is 1. The van der Waals surface area contributed by atoms with Crippen molar-refractivity contribution in [2.45, 2.75) is 53.1 Å². The van der Waals surface area contributed by atoms with Crippen molar-refractivity contribution in [1.29, 1.82) is 5.26 Å². The molecular formula is C26H32N4O4. The molecule has 0 atom stereocenters. The van der Waals surface area contributed by atoms with Crippen molar-refractivity contribution in [3.05, 3.63) is 53.1 Å². The van der Waals surface area contributed by atoms with Gasteiger partial charge in [0.2, 0.25) is 5.91 Å². The van der Waals surface area contributed by atoms with Gasteiger partial charge in [-0.3, -0.25) is 14.9 Å². The van der Waals surface area contributed by atoms with E-state index in [2.05, 4.69) is 22.5 Å². The normalized spacial score (nSPS) is 10.7. The van der Waals surface area contributed by atoms with E-state index in [1.165, 1.54) is 6.07 Å². The summed E-state index contributed by atoms with van der Waals surface area (Å²) in [5.41, 5.74) is 2.47. The molecule has 2 rings (SSSR count). The SMILES string of the molecule is CCCN(C)c1cc(NC(=O)CC(=O)c2cccc(C#N)c2)c(NC(=O)OC(C)(C)C)cc1C. The Kier molecular flexibility index (Phi) is 8.79. The lowest BCUT2D eigenvalue weighted by Crippen LogP contribution is -2.28. The molecule has 0 saturated carbocycles. The summed E-state index contributed by atoms with van der Waals surface area (Å²) in [6, 6.07) is 11.7. The van der Waals surface area contributed by atoms with Gasteiger partial charge in [-0.2, -0.15) is 5.26 Å². The average molecular weight is 465 g/mol. The Morgan fingerprint density at radius 1 is 1.09 bits per heavy atom. The van der Waals surface area contributed by atoms with Gasteiger partial charge < -0.3 is 15.0 Å². The summed E-state index contributed by atoms with van der Waals surface area (Å²) in [6.45, 7) is 10.1. The number of nitrogens with zero attached hydrogens (tertiary/aromatic N) is 2. The zero-order valence-corrected chi connectivity index (χ0v) is 20.6. The van der Waals surface area contributed by atoms with Crippen molar-refractivity contribution < 1.29 is 19.1 Å². The maximum atomic E-state index is 12.8. The van der Waals surface area contributed by atoms with Crippen molar-refractivity contribution in [3.8, 4) is 6.07 Å². The van der Waals surface area contributed by atoms with Gasteiger partial charge in [0.05, 0.1) is 29.4 Å². The Morgan fingerprint density at radius 3 is 2.38 bits per heavy atom. The van der Waals surface area contributed by atoms with E-state index in [1.54, 1.807) is 51.1 Å². The van der Waals surface area contributed by atoms with Crippen LogP contribution in [0.2, 0.25) is 0 Å². The van der Waals surface area contributed by atoms with Crippen LogP contribution in [0.3, 0.4) is 0 Å². The quantitative estimate of drug-likeness (QED) is 0.406. The third kappa shape index (κ3) is 7.62. The first-order valence-electron chi connectivity index (χ1n) is 11.1. The van der Waals surface area contributed by atoms with Crippen LogP contribution in [0, 0.1) is 18.3 Å². The van der Waals surface area contributed by atoms with Gasteiger partial charge in [-0.05, 0) is 63.9 Å². The summed E-state index contributed by atoms with van der Waals surface area (Å²) >= 11 is 0. The molecule has 0 heterocycles. The molecule has 180 valence electrons. The van der Waals surface area contributed by atoms with Gasteiger partial charge in [0.1, 0.15) is 5.60 Å². The second-order valence-corrected chi connectivity index (χ2v) is 9.07. The number of carbonyl (C=O) groups is 3. The lowest BCUT2D eigenvalue weighted by molar-refractivity contribution is -0.115. The van der Waals surface area contributed by atoms with Crippen LogP contribution in [-0.2, 0) is 9.53 Å². The van der Waals surface area contributed by atoms with Crippen LogP contribution in [0.25, 0.3) is 0 Å². The molecule has 0 aliphatic rings. The fourth-order valence-corrected chi connectivity index (χ4v) is 3.39. The minimum atomic E-state index is -0.686. The number of anilines is 3. The van der Waals surface area contributed by atoms with E-state index < -0.39 is 29.8 Å². The molecule has 0 radical (unpaired) electrons. The summed E-state index contributed by atoms with van der Waals surface area (Å²) in [6.07, 6.45) is -0.123. The van der Waals surface area contributed by atoms with Crippen molar-refractivity contribution >= 4 is 34.8 Å². The Morgan fingerprint density at radius 2 is 1.76 bits per heavy atom. The van der Waals surface area contributed by atoms with E-state index in [4.69, 9.17) is 10.00 Å². The van der Waals surface area contributed by atoms with Gasteiger partial charge >= 0.3 is 6.09 Å². The highest BCUT2D eigenvalue weighted by molar-refractivity contribution is 6.12. The van der Waals surface area contributed by atoms with Crippen LogP contribution < -0.4 is 15.5 Å². The van der Waals surface area contributed by atoms with Crippen LogP contribution in [0.1, 0.15) is 62.0 Å². The molecule has 0 saturated heterocycles. The average Bonchev–Trinajstić information content (AvgIpc) is 2.74. The van der Waals surface area contributed by atoms with E-state index in [1.807, 2.05) is 20.0 Å². The minimum absolute atomic E-state index is 0.286. The Balaban J connectivity index is 2.30. The first-order valence-corrected chi connectivity index (χ1v) is 11.1. The minimum Gasteiger partial charge on any atom is -0.444 e. The highest BCUT2D eigenvalue weighted by atomic mass is 16.6.